The van der Waals surface area contributed by atoms with Crippen LogP contribution in [0.4, 0.5) is 32.2 Å². The number of hydrogen-bond acceptors (Lipinski definition) is 3. The average Bonchev–Trinajstić information content (AvgIpc) is 2.74. The van der Waals surface area contributed by atoms with Crippen LogP contribution in [0.1, 0.15) is 11.3 Å². The van der Waals surface area contributed by atoms with Gasteiger partial charge in [-0.2, -0.15) is 31.4 Å². The Kier molecular flexibility index (Phi) is 4.95. The summed E-state index contributed by atoms with van der Waals surface area (Å²) < 4.78 is 77.8. The number of alkyl halides is 6. The van der Waals surface area contributed by atoms with E-state index in [9.17, 15) is 26.3 Å². The van der Waals surface area contributed by atoms with Crippen LogP contribution >= 0.6 is 35.0 Å². The molecule has 2 rings (SSSR count). The molecule has 3 nitrogen and oxygen atoms in total. The standard InChI is InChI=1S/C12H7Cl2F6N3S/c1-24-8-9(12(18,19)20)22-23(10(8)21)7-5(13)2-4(3-6(7)14)11(15,16)17/h2-3H,21H2,1H3. The molecule has 0 saturated heterocycles. The number of benzene rings is 1. The predicted molar refractivity (Wildman–Crippen MR) is 79.8 cm³/mol. The predicted octanol–water partition coefficient (Wildman–Crippen LogP) is 5.52. The van der Waals surface area contributed by atoms with Gasteiger partial charge in [-0.3, -0.25) is 0 Å². The summed E-state index contributed by atoms with van der Waals surface area (Å²) in [6, 6.07) is 1.08. The number of nitrogens with two attached hydrogens (primary N) is 1. The summed E-state index contributed by atoms with van der Waals surface area (Å²) in [7, 11) is 0. The van der Waals surface area contributed by atoms with E-state index in [1.54, 1.807) is 0 Å². The van der Waals surface area contributed by atoms with Crippen molar-refractivity contribution in [3.8, 4) is 5.69 Å². The molecule has 0 amide bonds. The molecular weight excluding hydrogens is 403 g/mol. The molecule has 0 bridgehead atoms. The van der Waals surface area contributed by atoms with Gasteiger partial charge in [-0.15, -0.1) is 11.8 Å². The van der Waals surface area contributed by atoms with E-state index in [4.69, 9.17) is 28.9 Å². The average molecular weight is 410 g/mol. The van der Waals surface area contributed by atoms with Gasteiger partial charge in [0.1, 0.15) is 11.5 Å². The van der Waals surface area contributed by atoms with E-state index in [1.165, 1.54) is 6.26 Å². The molecule has 0 unspecified atom stereocenters. The third-order valence-corrected chi connectivity index (χ3v) is 4.29. The second-order valence-corrected chi connectivity index (χ2v) is 6.09. The van der Waals surface area contributed by atoms with Crippen LogP contribution in [0.2, 0.25) is 10.0 Å². The van der Waals surface area contributed by atoms with Gasteiger partial charge < -0.3 is 5.73 Å². The largest absolute Gasteiger partial charge is 0.436 e. The van der Waals surface area contributed by atoms with Crippen LogP contribution in [0.5, 0.6) is 0 Å². The van der Waals surface area contributed by atoms with Crippen LogP contribution in [-0.4, -0.2) is 16.0 Å². The highest BCUT2D eigenvalue weighted by Gasteiger charge is 2.40. The lowest BCUT2D eigenvalue weighted by Crippen LogP contribution is -2.10. The first-order chi connectivity index (χ1) is 10.9. The minimum absolute atomic E-state index is 0.366. The van der Waals surface area contributed by atoms with Crippen LogP contribution in [0.25, 0.3) is 5.69 Å². The van der Waals surface area contributed by atoms with E-state index in [-0.39, 0.29) is 10.6 Å². The summed E-state index contributed by atoms with van der Waals surface area (Å²) in [5, 5.41) is 2.26. The first-order valence-corrected chi connectivity index (χ1v) is 7.92. The number of anilines is 1. The summed E-state index contributed by atoms with van der Waals surface area (Å²) in [5.74, 6) is -0.432. The monoisotopic (exact) mass is 409 g/mol. The summed E-state index contributed by atoms with van der Waals surface area (Å²) >= 11 is 12.2. The van der Waals surface area contributed by atoms with Gasteiger partial charge >= 0.3 is 12.4 Å². The molecular formula is C12H7Cl2F6N3S. The zero-order valence-electron chi connectivity index (χ0n) is 11.6. The van der Waals surface area contributed by atoms with Crippen molar-refractivity contribution in [3.05, 3.63) is 33.4 Å². The molecule has 1 aromatic heterocycles. The minimum Gasteiger partial charge on any atom is -0.383 e. The fourth-order valence-electron chi connectivity index (χ4n) is 1.91. The van der Waals surface area contributed by atoms with Gasteiger partial charge in [0.25, 0.3) is 0 Å². The zero-order chi connectivity index (χ0) is 18.4. The normalized spacial score (nSPS) is 12.7. The van der Waals surface area contributed by atoms with E-state index in [0.29, 0.717) is 28.6 Å². The number of aromatic nitrogens is 2. The van der Waals surface area contributed by atoms with Crippen molar-refractivity contribution in [1.29, 1.82) is 0 Å². The molecule has 12 heteroatoms. The van der Waals surface area contributed by atoms with Crippen molar-refractivity contribution >= 4 is 40.8 Å². The Morgan fingerprint density at radius 3 is 1.88 bits per heavy atom. The quantitative estimate of drug-likeness (QED) is 0.524. The Morgan fingerprint density at radius 1 is 1.04 bits per heavy atom. The molecule has 2 N–H and O–H groups in total. The fourth-order valence-corrected chi connectivity index (χ4v) is 3.20. The summed E-state index contributed by atoms with van der Waals surface area (Å²) in [5.41, 5.74) is 2.86. The molecule has 0 atom stereocenters. The lowest BCUT2D eigenvalue weighted by Gasteiger charge is -2.13. The molecule has 24 heavy (non-hydrogen) atoms. The Morgan fingerprint density at radius 2 is 1.54 bits per heavy atom. The van der Waals surface area contributed by atoms with Crippen molar-refractivity contribution < 1.29 is 26.3 Å². The number of rotatable bonds is 2. The van der Waals surface area contributed by atoms with Crippen LogP contribution in [0, 0.1) is 0 Å². The Balaban J connectivity index is 2.72. The van der Waals surface area contributed by atoms with Crippen molar-refractivity contribution in [2.24, 2.45) is 0 Å². The Bertz CT molecular complexity index is 761. The first-order valence-electron chi connectivity index (χ1n) is 5.94. The molecule has 1 aromatic carbocycles. The maximum Gasteiger partial charge on any atom is 0.436 e. The first kappa shape index (κ1) is 19.1. The summed E-state index contributed by atoms with van der Waals surface area (Å²) in [4.78, 5) is -0.380. The second-order valence-electron chi connectivity index (χ2n) is 4.46. The second kappa shape index (κ2) is 6.23. The highest BCUT2D eigenvalue weighted by molar-refractivity contribution is 7.98. The maximum atomic E-state index is 13.0. The number of halogens is 8. The van der Waals surface area contributed by atoms with Crippen molar-refractivity contribution in [1.82, 2.24) is 9.78 Å². The van der Waals surface area contributed by atoms with Gasteiger partial charge in [0, 0.05) is 0 Å². The lowest BCUT2D eigenvalue weighted by molar-refractivity contribution is -0.143. The SMILES string of the molecule is CSc1c(C(F)(F)F)nn(-c2c(Cl)cc(C(F)(F)F)cc2Cl)c1N. The molecule has 0 aliphatic heterocycles. The van der Waals surface area contributed by atoms with E-state index in [1.807, 2.05) is 0 Å². The molecule has 1 heterocycles. The van der Waals surface area contributed by atoms with Gasteiger partial charge in [0.2, 0.25) is 0 Å². The van der Waals surface area contributed by atoms with Gasteiger partial charge in [0.05, 0.1) is 20.5 Å². The molecule has 0 spiro atoms. The Labute approximate surface area is 145 Å². The van der Waals surface area contributed by atoms with Crippen LogP contribution in [-0.2, 0) is 12.4 Å². The smallest absolute Gasteiger partial charge is 0.383 e. The molecule has 0 fully saturated rings. The number of nitrogen functional groups attached to an aromatic ring is 1. The zero-order valence-corrected chi connectivity index (χ0v) is 13.9. The number of thioether (sulfide) groups is 1. The number of nitrogens with zero attached hydrogens (tertiary/aromatic N) is 2. The van der Waals surface area contributed by atoms with Crippen LogP contribution < -0.4 is 5.73 Å². The topological polar surface area (TPSA) is 43.8 Å². The molecule has 0 radical (unpaired) electrons. The molecule has 0 saturated carbocycles. The minimum atomic E-state index is -4.80. The number of hydrogen-bond donors (Lipinski definition) is 1. The van der Waals surface area contributed by atoms with Crippen LogP contribution in [0.15, 0.2) is 17.0 Å². The van der Waals surface area contributed by atoms with Gasteiger partial charge in [0.15, 0.2) is 5.69 Å². The summed E-state index contributed by atoms with van der Waals surface area (Å²) in [6.07, 6.45) is -8.17. The highest BCUT2D eigenvalue weighted by Crippen LogP contribution is 2.42. The van der Waals surface area contributed by atoms with E-state index >= 15 is 0 Å². The maximum absolute atomic E-state index is 13.0. The van der Waals surface area contributed by atoms with Gasteiger partial charge in [-0.25, -0.2) is 4.68 Å². The Hall–Kier alpha value is -1.26. The van der Waals surface area contributed by atoms with E-state index < -0.39 is 39.5 Å². The lowest BCUT2D eigenvalue weighted by atomic mass is 10.2. The molecule has 0 aliphatic rings. The molecule has 2 aromatic rings. The van der Waals surface area contributed by atoms with E-state index in [2.05, 4.69) is 5.10 Å². The van der Waals surface area contributed by atoms with Crippen LogP contribution in [0.3, 0.4) is 0 Å². The van der Waals surface area contributed by atoms with Crippen molar-refractivity contribution in [2.45, 2.75) is 17.2 Å². The molecule has 132 valence electrons. The van der Waals surface area contributed by atoms with Crippen molar-refractivity contribution in [3.63, 3.8) is 0 Å². The highest BCUT2D eigenvalue weighted by atomic mass is 35.5. The molecule has 0 aliphatic carbocycles. The van der Waals surface area contributed by atoms with E-state index in [0.717, 1.165) is 0 Å². The summed E-state index contributed by atoms with van der Waals surface area (Å²) in [6.45, 7) is 0. The third kappa shape index (κ3) is 3.40. The third-order valence-electron chi connectivity index (χ3n) is 2.90. The van der Waals surface area contributed by atoms with Gasteiger partial charge in [-0.05, 0) is 18.4 Å². The van der Waals surface area contributed by atoms with Crippen molar-refractivity contribution in [2.75, 3.05) is 12.0 Å². The fraction of sp³-hybridized carbons (Fsp3) is 0.250. The van der Waals surface area contributed by atoms with Gasteiger partial charge in [-0.1, -0.05) is 23.2 Å².